The highest BCUT2D eigenvalue weighted by Gasteiger charge is 2.38. The van der Waals surface area contributed by atoms with Crippen molar-refractivity contribution in [1.29, 1.82) is 0 Å². The van der Waals surface area contributed by atoms with Gasteiger partial charge >= 0.3 is 0 Å². The topological polar surface area (TPSA) is 57.7 Å². The Balaban J connectivity index is 1.72. The summed E-state index contributed by atoms with van der Waals surface area (Å²) < 4.78 is 27.1. The number of anilines is 1. The molecule has 0 saturated carbocycles. The van der Waals surface area contributed by atoms with Crippen molar-refractivity contribution in [1.82, 2.24) is 4.90 Å². The molecule has 0 spiro atoms. The molecule has 126 valence electrons. The fraction of sp³-hybridized carbons (Fsp3) is 0.389. The second kappa shape index (κ2) is 5.48. The summed E-state index contributed by atoms with van der Waals surface area (Å²) in [5.41, 5.74) is 0.612. The molecule has 6 heteroatoms. The zero-order chi connectivity index (χ0) is 16.9. The number of benzene rings is 2. The Bertz CT molecular complexity index is 918. The first-order valence-corrected chi connectivity index (χ1v) is 9.78. The first kappa shape index (κ1) is 15.4. The minimum Gasteiger partial charge on any atom is -0.338 e. The van der Waals surface area contributed by atoms with Crippen LogP contribution in [0.1, 0.15) is 26.2 Å². The van der Waals surface area contributed by atoms with E-state index in [0.717, 1.165) is 30.0 Å². The molecule has 1 fully saturated rings. The summed E-state index contributed by atoms with van der Waals surface area (Å²) in [6.07, 6.45) is 3.09. The maximum Gasteiger partial charge on any atom is 0.265 e. The van der Waals surface area contributed by atoms with Crippen LogP contribution in [0.5, 0.6) is 0 Å². The van der Waals surface area contributed by atoms with Crippen LogP contribution < -0.4 is 4.31 Å². The van der Waals surface area contributed by atoms with Gasteiger partial charge in [0.2, 0.25) is 5.91 Å². The SMILES string of the molecule is C[C@@H]1CCCCN1C(=O)CN1c2cccc3cccc(c23)S1(=O)=O. The first-order valence-electron chi connectivity index (χ1n) is 8.34. The van der Waals surface area contributed by atoms with E-state index in [9.17, 15) is 13.2 Å². The number of nitrogens with zero attached hydrogens (tertiary/aromatic N) is 2. The molecular weight excluding hydrogens is 324 g/mol. The Morgan fingerprint density at radius 1 is 1.17 bits per heavy atom. The van der Waals surface area contributed by atoms with Crippen LogP contribution in [0.4, 0.5) is 5.69 Å². The average Bonchev–Trinajstić information content (AvgIpc) is 2.79. The van der Waals surface area contributed by atoms with Crippen LogP contribution in [-0.4, -0.2) is 38.4 Å². The second-order valence-corrected chi connectivity index (χ2v) is 8.41. The van der Waals surface area contributed by atoms with Crippen LogP contribution in [0.15, 0.2) is 41.3 Å². The van der Waals surface area contributed by atoms with Crippen molar-refractivity contribution in [2.45, 2.75) is 37.1 Å². The quantitative estimate of drug-likeness (QED) is 0.842. The lowest BCUT2D eigenvalue weighted by molar-refractivity contribution is -0.132. The minimum atomic E-state index is -3.66. The first-order chi connectivity index (χ1) is 11.5. The predicted octanol–water partition coefficient (Wildman–Crippen LogP) is 2.75. The van der Waals surface area contributed by atoms with E-state index >= 15 is 0 Å². The highest BCUT2D eigenvalue weighted by atomic mass is 32.2. The lowest BCUT2D eigenvalue weighted by Gasteiger charge is -2.34. The fourth-order valence-electron chi connectivity index (χ4n) is 3.81. The van der Waals surface area contributed by atoms with Gasteiger partial charge in [-0.25, -0.2) is 8.42 Å². The van der Waals surface area contributed by atoms with Gasteiger partial charge in [-0.05, 0) is 43.7 Å². The van der Waals surface area contributed by atoms with Gasteiger partial charge in [0.1, 0.15) is 6.54 Å². The molecule has 2 aromatic carbocycles. The van der Waals surface area contributed by atoms with Crippen molar-refractivity contribution in [3.63, 3.8) is 0 Å². The van der Waals surface area contributed by atoms with E-state index in [1.807, 2.05) is 30.0 Å². The molecule has 2 aliphatic rings. The van der Waals surface area contributed by atoms with E-state index in [-0.39, 0.29) is 18.5 Å². The number of rotatable bonds is 2. The van der Waals surface area contributed by atoms with Crippen LogP contribution in [0.2, 0.25) is 0 Å². The molecule has 1 atom stereocenters. The number of sulfonamides is 1. The summed E-state index contributed by atoms with van der Waals surface area (Å²) in [5.74, 6) is -0.115. The smallest absolute Gasteiger partial charge is 0.265 e. The molecule has 1 amide bonds. The summed E-state index contributed by atoms with van der Waals surface area (Å²) in [5, 5.41) is 1.61. The minimum absolute atomic E-state index is 0.115. The lowest BCUT2D eigenvalue weighted by Crippen LogP contribution is -2.47. The number of hydrogen-bond donors (Lipinski definition) is 0. The third kappa shape index (κ3) is 2.20. The van der Waals surface area contributed by atoms with Gasteiger partial charge in [-0.15, -0.1) is 0 Å². The van der Waals surface area contributed by atoms with Gasteiger partial charge in [0.25, 0.3) is 10.0 Å². The molecule has 0 aliphatic carbocycles. The highest BCUT2D eigenvalue weighted by Crippen LogP contribution is 2.41. The van der Waals surface area contributed by atoms with Crippen LogP contribution in [0, 0.1) is 0 Å². The molecule has 24 heavy (non-hydrogen) atoms. The molecule has 4 rings (SSSR count). The summed E-state index contributed by atoms with van der Waals surface area (Å²) in [6, 6.07) is 11.0. The van der Waals surface area contributed by atoms with E-state index in [4.69, 9.17) is 0 Å². The standard InChI is InChI=1S/C18H20N2O3S/c1-13-6-2-3-11-19(13)17(21)12-20-15-9-4-7-14-8-5-10-16(18(14)15)24(20,22)23/h4-5,7-10,13H,2-3,6,11-12H2,1H3/t13-/m1/s1. The van der Waals surface area contributed by atoms with Gasteiger partial charge in [-0.2, -0.15) is 0 Å². The lowest BCUT2D eigenvalue weighted by atomic mass is 10.0. The van der Waals surface area contributed by atoms with Crippen molar-refractivity contribution < 1.29 is 13.2 Å². The van der Waals surface area contributed by atoms with Gasteiger partial charge in [0.15, 0.2) is 0 Å². The third-order valence-electron chi connectivity index (χ3n) is 5.08. The normalized spacial score (nSPS) is 22.1. The summed E-state index contributed by atoms with van der Waals surface area (Å²) in [7, 11) is -3.66. The van der Waals surface area contributed by atoms with Crippen LogP contribution in [0.3, 0.4) is 0 Å². The van der Waals surface area contributed by atoms with Gasteiger partial charge < -0.3 is 4.90 Å². The fourth-order valence-corrected chi connectivity index (χ4v) is 5.47. The second-order valence-electron chi connectivity index (χ2n) is 6.58. The number of hydrogen-bond acceptors (Lipinski definition) is 3. The Morgan fingerprint density at radius 2 is 1.92 bits per heavy atom. The maximum atomic E-state index is 12.9. The van der Waals surface area contributed by atoms with Crippen molar-refractivity contribution >= 4 is 32.4 Å². The Morgan fingerprint density at radius 3 is 2.67 bits per heavy atom. The van der Waals surface area contributed by atoms with E-state index in [2.05, 4.69) is 0 Å². The molecule has 0 unspecified atom stereocenters. The largest absolute Gasteiger partial charge is 0.338 e. The molecule has 2 aromatic rings. The van der Waals surface area contributed by atoms with Crippen molar-refractivity contribution in [3.8, 4) is 0 Å². The molecule has 0 radical (unpaired) electrons. The van der Waals surface area contributed by atoms with Gasteiger partial charge in [-0.1, -0.05) is 24.3 Å². The van der Waals surface area contributed by atoms with E-state index < -0.39 is 10.0 Å². The van der Waals surface area contributed by atoms with Crippen LogP contribution in [-0.2, 0) is 14.8 Å². The van der Waals surface area contributed by atoms with Gasteiger partial charge in [0, 0.05) is 18.0 Å². The van der Waals surface area contributed by atoms with Crippen LogP contribution >= 0.6 is 0 Å². The van der Waals surface area contributed by atoms with Gasteiger partial charge in [-0.3, -0.25) is 9.10 Å². The Hall–Kier alpha value is -2.08. The summed E-state index contributed by atoms with van der Waals surface area (Å²) in [6.45, 7) is 2.62. The number of amides is 1. The maximum absolute atomic E-state index is 12.9. The zero-order valence-electron chi connectivity index (χ0n) is 13.6. The summed E-state index contributed by atoms with van der Waals surface area (Å²) >= 11 is 0. The molecule has 5 nitrogen and oxygen atoms in total. The molecule has 1 saturated heterocycles. The number of likely N-dealkylation sites (tertiary alicyclic amines) is 1. The summed E-state index contributed by atoms with van der Waals surface area (Å²) in [4.78, 5) is 14.9. The molecule has 0 aromatic heterocycles. The van der Waals surface area contributed by atoms with Crippen molar-refractivity contribution in [2.75, 3.05) is 17.4 Å². The van der Waals surface area contributed by atoms with Crippen molar-refractivity contribution in [2.24, 2.45) is 0 Å². The Kier molecular flexibility index (Phi) is 3.53. The van der Waals surface area contributed by atoms with E-state index in [1.54, 1.807) is 18.2 Å². The molecule has 0 N–H and O–H groups in total. The number of carbonyl (C=O) groups excluding carboxylic acids is 1. The van der Waals surface area contributed by atoms with Crippen LogP contribution in [0.25, 0.3) is 10.8 Å². The highest BCUT2D eigenvalue weighted by molar-refractivity contribution is 7.93. The Labute approximate surface area is 141 Å². The monoisotopic (exact) mass is 344 g/mol. The number of carbonyl (C=O) groups is 1. The number of piperidine rings is 1. The predicted molar refractivity (Wildman–Crippen MR) is 93.5 cm³/mol. The van der Waals surface area contributed by atoms with E-state index in [0.29, 0.717) is 17.1 Å². The molecule has 2 heterocycles. The average molecular weight is 344 g/mol. The molecular formula is C18H20N2O3S. The zero-order valence-corrected chi connectivity index (χ0v) is 14.4. The van der Waals surface area contributed by atoms with E-state index in [1.165, 1.54) is 4.31 Å². The van der Waals surface area contributed by atoms with Crippen molar-refractivity contribution in [3.05, 3.63) is 36.4 Å². The molecule has 2 aliphatic heterocycles. The van der Waals surface area contributed by atoms with Gasteiger partial charge in [0.05, 0.1) is 10.6 Å². The third-order valence-corrected chi connectivity index (χ3v) is 6.89. The molecule has 0 bridgehead atoms.